The smallest absolute Gasteiger partial charge is 0.235 e. The first-order valence-corrected chi connectivity index (χ1v) is 7.22. The van der Waals surface area contributed by atoms with Gasteiger partial charge in [-0.05, 0) is 32.0 Å². The maximum atomic E-state index is 12.3. The van der Waals surface area contributed by atoms with Crippen LogP contribution in [0.5, 0.6) is 0 Å². The zero-order valence-corrected chi connectivity index (χ0v) is 11.4. The molecular formula is C13H19N3OS. The number of amides is 1. The SMILES string of the molecule is CC(Sc1ccccn1)C(=O)N1CCCNCC1. The Hall–Kier alpha value is -1.07. The van der Waals surface area contributed by atoms with Crippen LogP contribution < -0.4 is 5.32 Å². The van der Waals surface area contributed by atoms with Crippen molar-refractivity contribution >= 4 is 17.7 Å². The average Bonchev–Trinajstić information content (AvgIpc) is 2.68. The number of hydrogen-bond acceptors (Lipinski definition) is 4. The summed E-state index contributed by atoms with van der Waals surface area (Å²) in [4.78, 5) is 18.5. The molecule has 4 nitrogen and oxygen atoms in total. The van der Waals surface area contributed by atoms with Crippen molar-refractivity contribution in [1.29, 1.82) is 0 Å². The topological polar surface area (TPSA) is 45.2 Å². The van der Waals surface area contributed by atoms with Gasteiger partial charge in [0.2, 0.25) is 5.91 Å². The summed E-state index contributed by atoms with van der Waals surface area (Å²) in [5, 5.41) is 4.14. The first kappa shape index (κ1) is 13.4. The highest BCUT2D eigenvalue weighted by Crippen LogP contribution is 2.22. The van der Waals surface area contributed by atoms with E-state index in [0.717, 1.165) is 37.6 Å². The number of nitrogens with zero attached hydrogens (tertiary/aromatic N) is 2. The second-order valence-corrected chi connectivity index (χ2v) is 5.72. The molecule has 1 amide bonds. The molecule has 0 spiro atoms. The van der Waals surface area contributed by atoms with E-state index < -0.39 is 0 Å². The van der Waals surface area contributed by atoms with Gasteiger partial charge in [-0.15, -0.1) is 0 Å². The van der Waals surface area contributed by atoms with Gasteiger partial charge >= 0.3 is 0 Å². The fraction of sp³-hybridized carbons (Fsp3) is 0.538. The minimum absolute atomic E-state index is 0.0713. The summed E-state index contributed by atoms with van der Waals surface area (Å²) in [5.74, 6) is 0.217. The van der Waals surface area contributed by atoms with Gasteiger partial charge in [0, 0.05) is 25.8 Å². The minimum atomic E-state index is -0.0713. The number of carbonyl (C=O) groups excluding carboxylic acids is 1. The Morgan fingerprint density at radius 2 is 2.33 bits per heavy atom. The third-order valence-electron chi connectivity index (χ3n) is 2.93. The lowest BCUT2D eigenvalue weighted by atomic mass is 10.3. The van der Waals surface area contributed by atoms with Crippen LogP contribution in [-0.4, -0.2) is 47.2 Å². The molecule has 0 aromatic carbocycles. The van der Waals surface area contributed by atoms with E-state index in [9.17, 15) is 4.79 Å². The summed E-state index contributed by atoms with van der Waals surface area (Å²) in [6.07, 6.45) is 2.79. The number of rotatable bonds is 3. The maximum absolute atomic E-state index is 12.3. The number of carbonyl (C=O) groups is 1. The number of hydrogen-bond donors (Lipinski definition) is 1. The molecule has 0 saturated carbocycles. The molecule has 1 aromatic heterocycles. The monoisotopic (exact) mass is 265 g/mol. The van der Waals surface area contributed by atoms with Crippen LogP contribution in [0, 0.1) is 0 Å². The van der Waals surface area contributed by atoms with Gasteiger partial charge in [-0.3, -0.25) is 4.79 Å². The molecule has 2 heterocycles. The standard InChI is InChI=1S/C13H19N3OS/c1-11(18-12-5-2-3-7-15-12)13(17)16-9-4-6-14-8-10-16/h2-3,5,7,11,14H,4,6,8-10H2,1H3. The van der Waals surface area contributed by atoms with Gasteiger partial charge in [-0.25, -0.2) is 4.98 Å². The zero-order valence-electron chi connectivity index (χ0n) is 10.6. The van der Waals surface area contributed by atoms with Gasteiger partial charge in [0.15, 0.2) is 0 Å². The molecule has 0 radical (unpaired) electrons. The molecule has 1 aromatic rings. The van der Waals surface area contributed by atoms with Crippen molar-refractivity contribution in [3.05, 3.63) is 24.4 Å². The van der Waals surface area contributed by atoms with Crippen LogP contribution in [-0.2, 0) is 4.79 Å². The molecule has 0 bridgehead atoms. The number of pyridine rings is 1. The summed E-state index contributed by atoms with van der Waals surface area (Å²) in [7, 11) is 0. The number of nitrogens with one attached hydrogen (secondary N) is 1. The van der Waals surface area contributed by atoms with Gasteiger partial charge in [-0.2, -0.15) is 0 Å². The van der Waals surface area contributed by atoms with Crippen molar-refractivity contribution < 1.29 is 4.79 Å². The molecule has 1 aliphatic heterocycles. The maximum Gasteiger partial charge on any atom is 0.235 e. The van der Waals surface area contributed by atoms with E-state index in [2.05, 4.69) is 10.3 Å². The second kappa shape index (κ2) is 6.75. The van der Waals surface area contributed by atoms with Crippen molar-refractivity contribution in [2.45, 2.75) is 23.6 Å². The Morgan fingerprint density at radius 3 is 3.11 bits per heavy atom. The lowest BCUT2D eigenvalue weighted by Gasteiger charge is -2.23. The molecule has 2 rings (SSSR count). The van der Waals surface area contributed by atoms with Crippen LogP contribution in [0.3, 0.4) is 0 Å². The fourth-order valence-electron chi connectivity index (χ4n) is 1.97. The first-order chi connectivity index (χ1) is 8.77. The molecule has 1 aliphatic rings. The minimum Gasteiger partial charge on any atom is -0.340 e. The molecule has 1 unspecified atom stereocenters. The lowest BCUT2D eigenvalue weighted by molar-refractivity contribution is -0.130. The highest BCUT2D eigenvalue weighted by atomic mass is 32.2. The summed E-state index contributed by atoms with van der Waals surface area (Å²) in [5.41, 5.74) is 0. The number of thioether (sulfide) groups is 1. The van der Waals surface area contributed by atoms with Crippen molar-refractivity contribution in [2.24, 2.45) is 0 Å². The van der Waals surface area contributed by atoms with Crippen molar-refractivity contribution in [3.8, 4) is 0 Å². The van der Waals surface area contributed by atoms with Crippen LogP contribution >= 0.6 is 11.8 Å². The molecule has 1 fully saturated rings. The summed E-state index contributed by atoms with van der Waals surface area (Å²) in [6.45, 7) is 5.53. The lowest BCUT2D eigenvalue weighted by Crippen LogP contribution is -2.38. The predicted molar refractivity (Wildman–Crippen MR) is 73.6 cm³/mol. The first-order valence-electron chi connectivity index (χ1n) is 6.34. The summed E-state index contributed by atoms with van der Waals surface area (Å²) in [6, 6.07) is 5.78. The van der Waals surface area contributed by atoms with Crippen LogP contribution in [0.25, 0.3) is 0 Å². The quantitative estimate of drug-likeness (QED) is 0.839. The molecule has 5 heteroatoms. The highest BCUT2D eigenvalue weighted by Gasteiger charge is 2.22. The molecule has 98 valence electrons. The Labute approximate surface area is 112 Å². The van der Waals surface area contributed by atoms with Crippen molar-refractivity contribution in [3.63, 3.8) is 0 Å². The van der Waals surface area contributed by atoms with Gasteiger partial charge < -0.3 is 10.2 Å². The van der Waals surface area contributed by atoms with Gasteiger partial charge in [0.25, 0.3) is 0 Å². The van der Waals surface area contributed by atoms with E-state index in [1.54, 1.807) is 6.20 Å². The second-order valence-electron chi connectivity index (χ2n) is 4.36. The summed E-state index contributed by atoms with van der Waals surface area (Å²) >= 11 is 1.53. The Morgan fingerprint density at radius 1 is 1.44 bits per heavy atom. The third kappa shape index (κ3) is 3.71. The Kier molecular flexibility index (Phi) is 5.01. The number of aromatic nitrogens is 1. The van der Waals surface area contributed by atoms with E-state index in [4.69, 9.17) is 0 Å². The van der Waals surface area contributed by atoms with Crippen molar-refractivity contribution in [1.82, 2.24) is 15.2 Å². The molecule has 1 atom stereocenters. The molecular weight excluding hydrogens is 246 g/mol. The van der Waals surface area contributed by atoms with Crippen LogP contribution in [0.4, 0.5) is 0 Å². The van der Waals surface area contributed by atoms with Crippen LogP contribution in [0.1, 0.15) is 13.3 Å². The molecule has 0 aliphatic carbocycles. The predicted octanol–water partition coefficient (Wildman–Crippen LogP) is 1.38. The summed E-state index contributed by atoms with van der Waals surface area (Å²) < 4.78 is 0. The van der Waals surface area contributed by atoms with Crippen molar-refractivity contribution in [2.75, 3.05) is 26.2 Å². The van der Waals surface area contributed by atoms with Crippen LogP contribution in [0.15, 0.2) is 29.4 Å². The van der Waals surface area contributed by atoms with Gasteiger partial charge in [0.05, 0.1) is 10.3 Å². The Bertz CT molecular complexity index is 377. The zero-order chi connectivity index (χ0) is 12.8. The molecule has 1 saturated heterocycles. The van der Waals surface area contributed by atoms with E-state index in [1.165, 1.54) is 11.8 Å². The Balaban J connectivity index is 1.91. The van der Waals surface area contributed by atoms with Crippen LogP contribution in [0.2, 0.25) is 0 Å². The van der Waals surface area contributed by atoms with Gasteiger partial charge in [0.1, 0.15) is 0 Å². The molecule has 18 heavy (non-hydrogen) atoms. The normalized spacial score (nSPS) is 18.2. The van der Waals surface area contributed by atoms with E-state index in [-0.39, 0.29) is 11.2 Å². The van der Waals surface area contributed by atoms with E-state index >= 15 is 0 Å². The molecule has 1 N–H and O–H groups in total. The average molecular weight is 265 g/mol. The van der Waals surface area contributed by atoms with E-state index in [1.807, 2.05) is 30.0 Å². The fourth-order valence-corrected chi connectivity index (χ4v) is 2.86. The third-order valence-corrected chi connectivity index (χ3v) is 3.97. The highest BCUT2D eigenvalue weighted by molar-refractivity contribution is 8.00. The largest absolute Gasteiger partial charge is 0.340 e. The van der Waals surface area contributed by atoms with Gasteiger partial charge in [-0.1, -0.05) is 17.8 Å². The van der Waals surface area contributed by atoms with E-state index in [0.29, 0.717) is 0 Å².